The molecule has 1 aliphatic carbocycles. The van der Waals surface area contributed by atoms with Crippen LogP contribution in [0.1, 0.15) is 24.8 Å². The Morgan fingerprint density at radius 3 is 2.88 bits per heavy atom. The van der Waals surface area contributed by atoms with Gasteiger partial charge in [-0.2, -0.15) is 0 Å². The Kier molecular flexibility index (Phi) is 3.57. The number of benzene rings is 1. The van der Waals surface area contributed by atoms with E-state index in [0.717, 1.165) is 17.7 Å². The van der Waals surface area contributed by atoms with Crippen LogP contribution in [0.5, 0.6) is 5.75 Å². The molecule has 1 saturated carbocycles. The third-order valence-electron chi connectivity index (χ3n) is 2.85. The van der Waals surface area contributed by atoms with Crippen LogP contribution in [-0.4, -0.2) is 23.6 Å². The lowest BCUT2D eigenvalue weighted by molar-refractivity contribution is -0.117. The second-order valence-electron chi connectivity index (χ2n) is 4.10. The largest absolute Gasteiger partial charge is 0.490 e. The number of ether oxygens (including phenoxy) is 1. The minimum Gasteiger partial charge on any atom is -0.490 e. The zero-order valence-corrected chi connectivity index (χ0v) is 9.19. The van der Waals surface area contributed by atoms with E-state index >= 15 is 0 Å². The molecule has 0 aromatic heterocycles. The van der Waals surface area contributed by atoms with E-state index < -0.39 is 0 Å². The molecule has 3 nitrogen and oxygen atoms in total. The molecule has 16 heavy (non-hydrogen) atoms. The van der Waals surface area contributed by atoms with E-state index in [1.54, 1.807) is 0 Å². The highest BCUT2D eigenvalue weighted by atomic mass is 16.5. The second kappa shape index (κ2) is 5.12. The fourth-order valence-electron chi connectivity index (χ4n) is 2.01. The first-order chi connectivity index (χ1) is 7.79. The van der Waals surface area contributed by atoms with Crippen molar-refractivity contribution in [3.63, 3.8) is 0 Å². The van der Waals surface area contributed by atoms with E-state index in [4.69, 9.17) is 9.84 Å². The van der Waals surface area contributed by atoms with Crippen LogP contribution in [0.25, 0.3) is 0 Å². The second-order valence-corrected chi connectivity index (χ2v) is 4.10. The third-order valence-corrected chi connectivity index (χ3v) is 2.85. The van der Waals surface area contributed by atoms with Crippen molar-refractivity contribution in [2.75, 3.05) is 6.61 Å². The highest BCUT2D eigenvalue weighted by Crippen LogP contribution is 2.25. The predicted molar refractivity (Wildman–Crippen MR) is 60.5 cm³/mol. The minimum atomic E-state index is 0.0207. The average Bonchev–Trinajstić information content (AvgIpc) is 2.67. The first-order valence-corrected chi connectivity index (χ1v) is 5.66. The molecule has 0 aliphatic heterocycles. The molecule has 0 spiro atoms. The van der Waals surface area contributed by atoms with Crippen molar-refractivity contribution >= 4 is 5.78 Å². The third kappa shape index (κ3) is 2.61. The molecule has 1 N–H and O–H groups in total. The maximum Gasteiger partial charge on any atom is 0.136 e. The number of rotatable bonds is 4. The Hall–Kier alpha value is -1.35. The van der Waals surface area contributed by atoms with Crippen LogP contribution < -0.4 is 4.74 Å². The van der Waals surface area contributed by atoms with Crippen LogP contribution in [0.15, 0.2) is 24.3 Å². The summed E-state index contributed by atoms with van der Waals surface area (Å²) >= 11 is 0. The van der Waals surface area contributed by atoms with Crippen molar-refractivity contribution in [2.45, 2.75) is 31.8 Å². The maximum absolute atomic E-state index is 11.1. The Balaban J connectivity index is 2.05. The molecule has 1 aromatic carbocycles. The molecule has 0 amide bonds. The molecule has 1 atom stereocenters. The van der Waals surface area contributed by atoms with Crippen molar-refractivity contribution in [2.24, 2.45) is 0 Å². The van der Waals surface area contributed by atoms with Crippen molar-refractivity contribution in [3.05, 3.63) is 29.8 Å². The van der Waals surface area contributed by atoms with Gasteiger partial charge in [-0.1, -0.05) is 18.2 Å². The number of aliphatic hydroxyl groups excluding tert-OH is 1. The lowest BCUT2D eigenvalue weighted by Gasteiger charge is -2.15. The molecule has 0 bridgehead atoms. The van der Waals surface area contributed by atoms with Gasteiger partial charge >= 0.3 is 0 Å². The van der Waals surface area contributed by atoms with Crippen LogP contribution in [-0.2, 0) is 11.2 Å². The topological polar surface area (TPSA) is 46.5 Å². The maximum atomic E-state index is 11.1. The van der Waals surface area contributed by atoms with Gasteiger partial charge in [-0.15, -0.1) is 0 Å². The van der Waals surface area contributed by atoms with Crippen LogP contribution in [0, 0.1) is 0 Å². The van der Waals surface area contributed by atoms with Gasteiger partial charge in [0, 0.05) is 19.4 Å². The first-order valence-electron chi connectivity index (χ1n) is 5.66. The zero-order valence-electron chi connectivity index (χ0n) is 9.19. The molecule has 0 heterocycles. The van der Waals surface area contributed by atoms with E-state index in [1.165, 1.54) is 0 Å². The Morgan fingerprint density at radius 2 is 2.19 bits per heavy atom. The molecule has 3 heteroatoms. The summed E-state index contributed by atoms with van der Waals surface area (Å²) in [5.41, 5.74) is 1.00. The summed E-state index contributed by atoms with van der Waals surface area (Å²) < 4.78 is 5.80. The van der Waals surface area contributed by atoms with Gasteiger partial charge < -0.3 is 9.84 Å². The van der Waals surface area contributed by atoms with E-state index in [2.05, 4.69) is 0 Å². The Bertz CT molecular complexity index is 373. The smallest absolute Gasteiger partial charge is 0.136 e. The molecular formula is C13H16O3. The molecule has 0 radical (unpaired) electrons. The molecule has 1 fully saturated rings. The van der Waals surface area contributed by atoms with Gasteiger partial charge in [-0.3, -0.25) is 4.79 Å². The van der Waals surface area contributed by atoms with Gasteiger partial charge in [-0.25, -0.2) is 0 Å². The zero-order chi connectivity index (χ0) is 11.4. The van der Waals surface area contributed by atoms with E-state index in [-0.39, 0.29) is 18.5 Å². The number of hydrogen-bond acceptors (Lipinski definition) is 3. The summed E-state index contributed by atoms with van der Waals surface area (Å²) in [4.78, 5) is 11.1. The summed E-state index contributed by atoms with van der Waals surface area (Å²) in [6.45, 7) is 0.115. The number of Topliss-reactive ketones (excluding diaryl/α,β-unsaturated/α-hetero) is 1. The van der Waals surface area contributed by atoms with Gasteiger partial charge in [0.2, 0.25) is 0 Å². The van der Waals surface area contributed by atoms with Crippen molar-refractivity contribution in [1.82, 2.24) is 0 Å². The molecular weight excluding hydrogens is 204 g/mol. The van der Waals surface area contributed by atoms with Gasteiger partial charge in [0.05, 0.1) is 0 Å². The summed E-state index contributed by atoms with van der Waals surface area (Å²) in [5.74, 6) is 1.08. The quantitative estimate of drug-likeness (QED) is 0.840. The van der Waals surface area contributed by atoms with Crippen molar-refractivity contribution < 1.29 is 14.6 Å². The van der Waals surface area contributed by atoms with E-state index in [9.17, 15) is 4.79 Å². The molecule has 1 unspecified atom stereocenters. The lowest BCUT2D eigenvalue weighted by Crippen LogP contribution is -2.13. The van der Waals surface area contributed by atoms with Crippen molar-refractivity contribution in [1.29, 1.82) is 0 Å². The van der Waals surface area contributed by atoms with Crippen LogP contribution in [0.3, 0.4) is 0 Å². The van der Waals surface area contributed by atoms with E-state index in [0.29, 0.717) is 19.3 Å². The van der Waals surface area contributed by atoms with Crippen LogP contribution >= 0.6 is 0 Å². The summed E-state index contributed by atoms with van der Waals surface area (Å²) in [5, 5.41) is 8.94. The van der Waals surface area contributed by atoms with Crippen molar-refractivity contribution in [3.8, 4) is 5.75 Å². The normalized spacial score (nSPS) is 20.1. The Morgan fingerprint density at radius 1 is 1.38 bits per heavy atom. The monoisotopic (exact) mass is 220 g/mol. The average molecular weight is 220 g/mol. The number of ketones is 1. The molecule has 2 rings (SSSR count). The number of hydrogen-bond donors (Lipinski definition) is 1. The standard InChI is InChI=1S/C13H16O3/c14-8-7-10-3-1-2-4-13(10)16-12-6-5-11(15)9-12/h1-4,12,14H,5-9H2. The van der Waals surface area contributed by atoms with Crippen LogP contribution in [0.4, 0.5) is 0 Å². The van der Waals surface area contributed by atoms with E-state index in [1.807, 2.05) is 24.3 Å². The van der Waals surface area contributed by atoms with Gasteiger partial charge in [0.1, 0.15) is 17.6 Å². The fourth-order valence-corrected chi connectivity index (χ4v) is 2.01. The number of aliphatic hydroxyl groups is 1. The molecule has 86 valence electrons. The SMILES string of the molecule is O=C1CCC(Oc2ccccc2CCO)C1. The Labute approximate surface area is 95.0 Å². The lowest BCUT2D eigenvalue weighted by atomic mass is 10.1. The summed E-state index contributed by atoms with van der Waals surface area (Å²) in [6.07, 6.45) is 2.58. The number of carbonyl (C=O) groups excluding carboxylic acids is 1. The molecule has 1 aromatic rings. The van der Waals surface area contributed by atoms with Gasteiger partial charge in [-0.05, 0) is 24.5 Å². The van der Waals surface area contributed by atoms with Crippen LogP contribution in [0.2, 0.25) is 0 Å². The summed E-state index contributed by atoms with van der Waals surface area (Å²) in [7, 11) is 0. The van der Waals surface area contributed by atoms with Gasteiger partial charge in [0.15, 0.2) is 0 Å². The highest BCUT2D eigenvalue weighted by molar-refractivity contribution is 5.81. The molecule has 0 saturated heterocycles. The fraction of sp³-hybridized carbons (Fsp3) is 0.462. The highest BCUT2D eigenvalue weighted by Gasteiger charge is 2.24. The predicted octanol–water partition coefficient (Wildman–Crippen LogP) is 1.72. The molecule has 1 aliphatic rings. The summed E-state index contributed by atoms with van der Waals surface area (Å²) in [6, 6.07) is 7.68. The number of carbonyl (C=O) groups is 1. The minimum absolute atomic E-state index is 0.0207. The first kappa shape index (κ1) is 11.1. The van der Waals surface area contributed by atoms with Gasteiger partial charge in [0.25, 0.3) is 0 Å². The number of para-hydroxylation sites is 1.